The molecule has 0 N–H and O–H groups in total. The molecule has 4 heterocycles. The number of benzene rings is 8. The first-order chi connectivity index (χ1) is 27.3. The Morgan fingerprint density at radius 1 is 0.364 bits per heavy atom. The fourth-order valence-electron chi connectivity index (χ4n) is 8.47. The van der Waals surface area contributed by atoms with Crippen LogP contribution in [0.3, 0.4) is 0 Å². The lowest BCUT2D eigenvalue weighted by Crippen LogP contribution is -2.07. The molecule has 0 unspecified atom stereocenters. The number of hydrogen-bond acceptors (Lipinski definition) is 4. The second kappa shape index (κ2) is 11.5. The first-order valence-electron chi connectivity index (χ1n) is 18.4. The Morgan fingerprint density at radius 2 is 0.909 bits per heavy atom. The first kappa shape index (κ1) is 29.9. The van der Waals surface area contributed by atoms with Crippen molar-refractivity contribution in [3.8, 4) is 34.4 Å². The van der Waals surface area contributed by atoms with E-state index in [0.717, 1.165) is 87.8 Å². The zero-order chi connectivity index (χ0) is 36.0. The Labute approximate surface area is 314 Å². The van der Waals surface area contributed by atoms with Crippen molar-refractivity contribution in [3.63, 3.8) is 0 Å². The van der Waals surface area contributed by atoms with Crippen LogP contribution in [-0.4, -0.2) is 24.1 Å². The van der Waals surface area contributed by atoms with E-state index in [1.165, 1.54) is 5.39 Å². The zero-order valence-corrected chi connectivity index (χ0v) is 29.4. The molecular weight excluding hydrogens is 675 g/mol. The fourth-order valence-corrected chi connectivity index (χ4v) is 8.47. The van der Waals surface area contributed by atoms with Crippen LogP contribution < -0.4 is 0 Å². The van der Waals surface area contributed by atoms with Crippen LogP contribution in [0.4, 0.5) is 0 Å². The van der Waals surface area contributed by atoms with Crippen LogP contribution >= 0.6 is 0 Å². The average molecular weight is 704 g/mol. The van der Waals surface area contributed by atoms with Crippen molar-refractivity contribution in [2.24, 2.45) is 0 Å². The number of rotatable bonds is 4. The zero-order valence-electron chi connectivity index (χ0n) is 29.4. The van der Waals surface area contributed by atoms with Gasteiger partial charge in [-0.25, -0.2) is 4.98 Å². The van der Waals surface area contributed by atoms with E-state index in [1.54, 1.807) is 0 Å². The van der Waals surface area contributed by atoms with Gasteiger partial charge in [0, 0.05) is 49.1 Å². The average Bonchev–Trinajstić information content (AvgIpc) is 3.91. The minimum Gasteiger partial charge on any atom is -0.456 e. The lowest BCUT2D eigenvalue weighted by atomic mass is 10.1. The van der Waals surface area contributed by atoms with Crippen LogP contribution in [-0.2, 0) is 0 Å². The maximum atomic E-state index is 6.35. The molecule has 8 aromatic carbocycles. The fraction of sp³-hybridized carbons (Fsp3) is 0. The Bertz CT molecular complexity index is 3500. The van der Waals surface area contributed by atoms with Crippen molar-refractivity contribution >= 4 is 76.3 Å². The molecule has 0 amide bonds. The minimum atomic E-state index is 0.543. The Kier molecular flexibility index (Phi) is 6.24. The van der Waals surface area contributed by atoms with Crippen molar-refractivity contribution in [3.05, 3.63) is 176 Å². The van der Waals surface area contributed by atoms with Gasteiger partial charge >= 0.3 is 0 Å². The molecular formula is C49H29N5O. The third-order valence-electron chi connectivity index (χ3n) is 11.0. The van der Waals surface area contributed by atoms with E-state index in [0.29, 0.717) is 17.6 Å². The molecule has 0 bridgehead atoms. The molecule has 0 aliphatic heterocycles. The van der Waals surface area contributed by atoms with Crippen LogP contribution in [0.2, 0.25) is 0 Å². The molecule has 0 saturated heterocycles. The van der Waals surface area contributed by atoms with E-state index in [4.69, 9.17) is 19.4 Å². The summed E-state index contributed by atoms with van der Waals surface area (Å²) in [6.07, 6.45) is 0. The summed E-state index contributed by atoms with van der Waals surface area (Å²) in [6.45, 7) is 0. The normalized spacial score (nSPS) is 12.0. The van der Waals surface area contributed by atoms with Gasteiger partial charge in [0.15, 0.2) is 11.6 Å². The molecule has 12 aromatic rings. The summed E-state index contributed by atoms with van der Waals surface area (Å²) in [5.41, 5.74) is 8.78. The van der Waals surface area contributed by atoms with Gasteiger partial charge < -0.3 is 8.98 Å². The molecule has 6 heteroatoms. The van der Waals surface area contributed by atoms with Crippen LogP contribution in [0, 0.1) is 0 Å². The van der Waals surface area contributed by atoms with Gasteiger partial charge in [-0.15, -0.1) is 0 Å². The molecule has 0 atom stereocenters. The number of nitrogens with zero attached hydrogens (tertiary/aromatic N) is 5. The van der Waals surface area contributed by atoms with E-state index >= 15 is 0 Å². The van der Waals surface area contributed by atoms with E-state index in [-0.39, 0.29) is 0 Å². The predicted octanol–water partition coefficient (Wildman–Crippen LogP) is 12.5. The van der Waals surface area contributed by atoms with Crippen LogP contribution in [0.1, 0.15) is 0 Å². The van der Waals surface area contributed by atoms with Crippen LogP contribution in [0.25, 0.3) is 111 Å². The number of hydrogen-bond donors (Lipinski definition) is 0. The second-order valence-electron chi connectivity index (χ2n) is 14.1. The molecule has 256 valence electrons. The summed E-state index contributed by atoms with van der Waals surface area (Å²) < 4.78 is 11.0. The second-order valence-corrected chi connectivity index (χ2v) is 14.1. The molecule has 0 fully saturated rings. The molecule has 0 saturated carbocycles. The summed E-state index contributed by atoms with van der Waals surface area (Å²) in [6, 6.07) is 61.5. The summed E-state index contributed by atoms with van der Waals surface area (Å²) in [7, 11) is 0. The van der Waals surface area contributed by atoms with E-state index in [1.807, 2.05) is 18.2 Å². The molecule has 6 nitrogen and oxygen atoms in total. The molecule has 4 aromatic heterocycles. The van der Waals surface area contributed by atoms with Crippen molar-refractivity contribution in [1.29, 1.82) is 0 Å². The summed E-state index contributed by atoms with van der Waals surface area (Å²) in [5, 5.41) is 9.03. The Morgan fingerprint density at radius 3 is 1.67 bits per heavy atom. The lowest BCUT2D eigenvalue weighted by molar-refractivity contribution is 0.669. The standard InChI is InChI=1S/C49H29N5O/c1-2-14-34(15-3-1)53-41-19-9-6-16-35(41)39-26-27-40-36-17-7-10-20-42(36)54(46(40)45(39)53)49-51-47(32-23-22-30-12-4-5-13-31(30)28-32)50-48(52-49)33-24-25-38-37-18-8-11-21-43(37)55-44(38)29-33/h1-29H. The van der Waals surface area contributed by atoms with Gasteiger partial charge in [-0.1, -0.05) is 127 Å². The van der Waals surface area contributed by atoms with Crippen molar-refractivity contribution in [2.75, 3.05) is 0 Å². The van der Waals surface area contributed by atoms with Crippen molar-refractivity contribution in [2.45, 2.75) is 0 Å². The Balaban J connectivity index is 1.21. The summed E-state index contributed by atoms with van der Waals surface area (Å²) in [4.78, 5) is 15.9. The van der Waals surface area contributed by atoms with Gasteiger partial charge in [-0.3, -0.25) is 4.57 Å². The van der Waals surface area contributed by atoms with Gasteiger partial charge in [0.2, 0.25) is 5.95 Å². The Hall–Kier alpha value is -7.57. The highest BCUT2D eigenvalue weighted by Gasteiger charge is 2.23. The molecule has 12 rings (SSSR count). The monoisotopic (exact) mass is 703 g/mol. The van der Waals surface area contributed by atoms with Crippen molar-refractivity contribution < 1.29 is 4.42 Å². The smallest absolute Gasteiger partial charge is 0.238 e. The van der Waals surface area contributed by atoms with Gasteiger partial charge in [0.25, 0.3) is 0 Å². The lowest BCUT2D eigenvalue weighted by Gasteiger charge is -2.13. The molecule has 0 aliphatic rings. The molecule has 0 radical (unpaired) electrons. The number of furan rings is 1. The summed E-state index contributed by atoms with van der Waals surface area (Å²) >= 11 is 0. The largest absolute Gasteiger partial charge is 0.456 e. The molecule has 55 heavy (non-hydrogen) atoms. The van der Waals surface area contributed by atoms with Crippen molar-refractivity contribution in [1.82, 2.24) is 24.1 Å². The van der Waals surface area contributed by atoms with Gasteiger partial charge in [-0.2, -0.15) is 9.97 Å². The van der Waals surface area contributed by atoms with E-state index in [9.17, 15) is 0 Å². The van der Waals surface area contributed by atoms with Crippen LogP contribution in [0.15, 0.2) is 180 Å². The number of para-hydroxylation sites is 4. The quantitative estimate of drug-likeness (QED) is 0.183. The number of fused-ring (bicyclic) bond motifs is 11. The highest BCUT2D eigenvalue weighted by molar-refractivity contribution is 6.23. The minimum absolute atomic E-state index is 0.543. The van der Waals surface area contributed by atoms with Gasteiger partial charge in [-0.05, 0) is 59.3 Å². The topological polar surface area (TPSA) is 61.7 Å². The SMILES string of the molecule is c1ccc(-n2c3ccccc3c3ccc4c5ccccc5n(-c5nc(-c6ccc7ccccc7c6)nc(-c6ccc7c(c6)oc6ccccc67)n5)c4c32)cc1. The maximum Gasteiger partial charge on any atom is 0.238 e. The summed E-state index contributed by atoms with van der Waals surface area (Å²) in [5.74, 6) is 1.70. The van der Waals surface area contributed by atoms with E-state index < -0.39 is 0 Å². The third-order valence-corrected chi connectivity index (χ3v) is 11.0. The first-order valence-corrected chi connectivity index (χ1v) is 18.4. The number of aromatic nitrogens is 5. The molecule has 0 spiro atoms. The van der Waals surface area contributed by atoms with E-state index in [2.05, 4.69) is 167 Å². The highest BCUT2D eigenvalue weighted by atomic mass is 16.3. The van der Waals surface area contributed by atoms with Gasteiger partial charge in [0.1, 0.15) is 11.2 Å². The highest BCUT2D eigenvalue weighted by Crippen LogP contribution is 2.42. The molecule has 0 aliphatic carbocycles. The van der Waals surface area contributed by atoms with Gasteiger partial charge in [0.05, 0.1) is 22.1 Å². The third kappa shape index (κ3) is 4.46. The maximum absolute atomic E-state index is 6.35. The van der Waals surface area contributed by atoms with Crippen LogP contribution in [0.5, 0.6) is 0 Å². The predicted molar refractivity (Wildman–Crippen MR) is 224 cm³/mol.